The molecule has 24 heavy (non-hydrogen) atoms. The molecule has 1 aromatic rings. The Morgan fingerprint density at radius 1 is 1.04 bits per heavy atom. The fourth-order valence-electron chi connectivity index (χ4n) is 6.60. The molecule has 0 heterocycles. The van der Waals surface area contributed by atoms with Gasteiger partial charge in [-0.2, -0.15) is 0 Å². The van der Waals surface area contributed by atoms with Crippen LogP contribution in [0.25, 0.3) is 0 Å². The van der Waals surface area contributed by atoms with Gasteiger partial charge in [-0.1, -0.05) is 29.8 Å². The van der Waals surface area contributed by atoms with Gasteiger partial charge in [0, 0.05) is 13.1 Å². The molecular weight excluding hydrogens is 294 g/mol. The van der Waals surface area contributed by atoms with Crippen molar-refractivity contribution in [1.82, 2.24) is 4.90 Å². The molecule has 4 fully saturated rings. The second-order valence-corrected chi connectivity index (χ2v) is 8.87. The Balaban J connectivity index is 1.72. The topological polar surface area (TPSA) is 20.3 Å². The maximum absolute atomic E-state index is 13.4. The van der Waals surface area contributed by atoms with Crippen LogP contribution in [0, 0.1) is 24.2 Å². The highest BCUT2D eigenvalue weighted by atomic mass is 16.2. The van der Waals surface area contributed by atoms with Gasteiger partial charge in [-0.25, -0.2) is 0 Å². The fourth-order valence-corrected chi connectivity index (χ4v) is 6.60. The van der Waals surface area contributed by atoms with E-state index in [1.54, 1.807) is 0 Å². The second-order valence-electron chi connectivity index (χ2n) is 8.87. The van der Waals surface area contributed by atoms with E-state index in [0.29, 0.717) is 5.91 Å². The van der Waals surface area contributed by atoms with E-state index in [0.717, 1.165) is 44.2 Å². The Morgan fingerprint density at radius 2 is 1.62 bits per heavy atom. The molecule has 2 unspecified atom stereocenters. The minimum atomic E-state index is -0.0685. The normalized spacial score (nSPS) is 36.8. The van der Waals surface area contributed by atoms with Gasteiger partial charge in [0.1, 0.15) is 0 Å². The number of amides is 1. The number of carbonyl (C=O) groups excluding carboxylic acids is 1. The lowest BCUT2D eigenvalue weighted by Gasteiger charge is -2.62. The van der Waals surface area contributed by atoms with Crippen LogP contribution in [0.15, 0.2) is 24.3 Å². The zero-order valence-electron chi connectivity index (χ0n) is 15.5. The summed E-state index contributed by atoms with van der Waals surface area (Å²) in [5, 5.41) is 0. The maximum atomic E-state index is 13.4. The van der Waals surface area contributed by atoms with E-state index in [4.69, 9.17) is 0 Å². The molecule has 2 heteroatoms. The van der Waals surface area contributed by atoms with E-state index in [2.05, 4.69) is 49.9 Å². The molecule has 0 spiro atoms. The predicted molar refractivity (Wildman–Crippen MR) is 97.9 cm³/mol. The Bertz CT molecular complexity index is 614. The molecule has 4 saturated carbocycles. The van der Waals surface area contributed by atoms with Gasteiger partial charge in [-0.3, -0.25) is 4.79 Å². The largest absolute Gasteiger partial charge is 0.343 e. The van der Waals surface area contributed by atoms with Gasteiger partial charge in [0.2, 0.25) is 5.91 Å². The zero-order valence-corrected chi connectivity index (χ0v) is 15.5. The van der Waals surface area contributed by atoms with Crippen LogP contribution in [0.3, 0.4) is 0 Å². The van der Waals surface area contributed by atoms with Crippen molar-refractivity contribution in [2.45, 2.75) is 64.7 Å². The summed E-state index contributed by atoms with van der Waals surface area (Å²) in [5.74, 6) is 1.97. The summed E-state index contributed by atoms with van der Waals surface area (Å²) in [7, 11) is 0. The highest BCUT2D eigenvalue weighted by Crippen LogP contribution is 2.66. The van der Waals surface area contributed by atoms with Crippen LogP contribution in [0.1, 0.15) is 63.5 Å². The Labute approximate surface area is 146 Å². The number of carbonyl (C=O) groups is 1. The van der Waals surface area contributed by atoms with Crippen molar-refractivity contribution >= 4 is 5.91 Å². The first kappa shape index (κ1) is 16.2. The van der Waals surface area contributed by atoms with Crippen LogP contribution >= 0.6 is 0 Å². The molecule has 0 N–H and O–H groups in total. The number of rotatable bonds is 4. The van der Waals surface area contributed by atoms with Crippen LogP contribution in [0.5, 0.6) is 0 Å². The van der Waals surface area contributed by atoms with E-state index >= 15 is 0 Å². The van der Waals surface area contributed by atoms with Crippen molar-refractivity contribution in [2.75, 3.05) is 13.1 Å². The molecule has 1 aromatic carbocycles. The number of benzene rings is 1. The highest BCUT2D eigenvalue weighted by Gasteiger charge is 2.61. The lowest BCUT2D eigenvalue weighted by Crippen LogP contribution is -2.59. The Hall–Kier alpha value is -1.31. The van der Waals surface area contributed by atoms with Gasteiger partial charge in [0.05, 0.1) is 5.41 Å². The molecular formula is C22H31NO. The summed E-state index contributed by atoms with van der Waals surface area (Å²) in [4.78, 5) is 15.5. The molecule has 0 aromatic heterocycles. The summed E-state index contributed by atoms with van der Waals surface area (Å²) in [6.07, 6.45) is 7.35. The van der Waals surface area contributed by atoms with Crippen molar-refractivity contribution in [2.24, 2.45) is 17.3 Å². The Morgan fingerprint density at radius 3 is 2.17 bits per heavy atom. The van der Waals surface area contributed by atoms with Gasteiger partial charge < -0.3 is 4.90 Å². The summed E-state index contributed by atoms with van der Waals surface area (Å²) >= 11 is 0. The SMILES string of the molecule is CCN(CC)C(=O)C12C[C@H]3C[C@@H](C1)CC(c1ccc(C)cc1)(C3)C2. The molecule has 0 aliphatic heterocycles. The van der Waals surface area contributed by atoms with E-state index in [1.807, 2.05) is 0 Å². The van der Waals surface area contributed by atoms with E-state index in [9.17, 15) is 4.79 Å². The van der Waals surface area contributed by atoms with Crippen LogP contribution in [0.4, 0.5) is 0 Å². The van der Waals surface area contributed by atoms with Gasteiger partial charge in [-0.15, -0.1) is 0 Å². The summed E-state index contributed by atoms with van der Waals surface area (Å²) in [5.41, 5.74) is 3.03. The number of aryl methyl sites for hydroxylation is 1. The molecule has 5 rings (SSSR count). The lowest BCUT2D eigenvalue weighted by atomic mass is 9.42. The molecule has 0 saturated heterocycles. The van der Waals surface area contributed by atoms with Crippen LogP contribution in [-0.2, 0) is 10.2 Å². The molecule has 1 amide bonds. The summed E-state index contributed by atoms with van der Waals surface area (Å²) < 4.78 is 0. The monoisotopic (exact) mass is 325 g/mol. The van der Waals surface area contributed by atoms with E-state index < -0.39 is 0 Å². The molecule has 4 aliphatic rings. The van der Waals surface area contributed by atoms with Gasteiger partial charge in [-0.05, 0) is 82.1 Å². The fraction of sp³-hybridized carbons (Fsp3) is 0.682. The quantitative estimate of drug-likeness (QED) is 0.785. The minimum Gasteiger partial charge on any atom is -0.343 e. The first-order valence-corrected chi connectivity index (χ1v) is 9.87. The highest BCUT2D eigenvalue weighted by molar-refractivity contribution is 5.83. The smallest absolute Gasteiger partial charge is 0.228 e. The second kappa shape index (κ2) is 5.61. The van der Waals surface area contributed by atoms with Crippen molar-refractivity contribution in [1.29, 1.82) is 0 Å². The molecule has 0 radical (unpaired) electrons. The third kappa shape index (κ3) is 2.33. The van der Waals surface area contributed by atoms with E-state index in [1.165, 1.54) is 30.4 Å². The average Bonchev–Trinajstić information content (AvgIpc) is 2.55. The maximum Gasteiger partial charge on any atom is 0.228 e. The first-order valence-electron chi connectivity index (χ1n) is 9.87. The van der Waals surface area contributed by atoms with Crippen molar-refractivity contribution in [3.63, 3.8) is 0 Å². The van der Waals surface area contributed by atoms with Crippen molar-refractivity contribution in [3.8, 4) is 0 Å². The minimum absolute atomic E-state index is 0.0685. The summed E-state index contributed by atoms with van der Waals surface area (Å²) in [6.45, 7) is 8.11. The molecule has 4 atom stereocenters. The average molecular weight is 325 g/mol. The van der Waals surface area contributed by atoms with Gasteiger partial charge in [0.15, 0.2) is 0 Å². The first-order chi connectivity index (χ1) is 11.5. The van der Waals surface area contributed by atoms with Crippen molar-refractivity contribution in [3.05, 3.63) is 35.4 Å². The van der Waals surface area contributed by atoms with Gasteiger partial charge in [0.25, 0.3) is 0 Å². The standard InChI is InChI=1S/C22H31NO/c1-4-23(5-2)20(24)22-13-17-10-18(14-22)12-21(11-17,15-22)19-8-6-16(3)7-9-19/h6-9,17-18H,4-5,10-15H2,1-3H3/t17-,18+,21?,22?. The zero-order chi connectivity index (χ0) is 16.9. The molecule has 4 aliphatic carbocycles. The molecule has 2 nitrogen and oxygen atoms in total. The van der Waals surface area contributed by atoms with Crippen molar-refractivity contribution < 1.29 is 4.79 Å². The number of nitrogens with zero attached hydrogens (tertiary/aromatic N) is 1. The predicted octanol–water partition coefficient (Wildman–Crippen LogP) is 4.70. The van der Waals surface area contributed by atoms with Crippen LogP contribution in [0.2, 0.25) is 0 Å². The third-order valence-corrected chi connectivity index (χ3v) is 7.23. The summed E-state index contributed by atoms with van der Waals surface area (Å²) in [6, 6.07) is 9.20. The molecule has 130 valence electrons. The van der Waals surface area contributed by atoms with Gasteiger partial charge >= 0.3 is 0 Å². The third-order valence-electron chi connectivity index (χ3n) is 7.23. The molecule has 4 bridgehead atoms. The number of hydrogen-bond acceptors (Lipinski definition) is 1. The lowest BCUT2D eigenvalue weighted by molar-refractivity contribution is -0.160. The van der Waals surface area contributed by atoms with Crippen LogP contribution in [-0.4, -0.2) is 23.9 Å². The number of hydrogen-bond donors (Lipinski definition) is 0. The Kier molecular flexibility index (Phi) is 3.78. The van der Waals surface area contributed by atoms with E-state index in [-0.39, 0.29) is 10.8 Å². The van der Waals surface area contributed by atoms with Crippen LogP contribution < -0.4 is 0 Å².